The van der Waals surface area contributed by atoms with E-state index in [0.29, 0.717) is 11.1 Å². The number of hydrogen-bond donors (Lipinski definition) is 1. The fourth-order valence-electron chi connectivity index (χ4n) is 2.86. The number of hydrogen-bond acceptors (Lipinski definition) is 1. The van der Waals surface area contributed by atoms with Gasteiger partial charge in [-0.05, 0) is 34.9 Å². The van der Waals surface area contributed by atoms with Gasteiger partial charge in [0.2, 0.25) is 0 Å². The average molecular weight is 377 g/mol. The third kappa shape index (κ3) is 3.14. The predicted molar refractivity (Wildman–Crippen MR) is 90.4 cm³/mol. The fourth-order valence-corrected chi connectivity index (χ4v) is 3.25. The summed E-state index contributed by atoms with van der Waals surface area (Å²) in [6.45, 7) is 0. The van der Waals surface area contributed by atoms with Crippen LogP contribution in [0.1, 0.15) is 17.5 Å². The van der Waals surface area contributed by atoms with Gasteiger partial charge in [-0.25, -0.2) is 8.78 Å². The molecule has 1 nitrogen and oxygen atoms in total. The molecule has 0 saturated carbocycles. The van der Waals surface area contributed by atoms with Gasteiger partial charge < -0.3 is 5.11 Å². The summed E-state index contributed by atoms with van der Waals surface area (Å²) in [5.74, 6) is -2.96. The quantitative estimate of drug-likeness (QED) is 0.779. The Balaban J connectivity index is 2.19. The first-order valence-corrected chi connectivity index (χ1v) is 8.02. The Morgan fingerprint density at radius 2 is 1.70 bits per heavy atom. The van der Waals surface area contributed by atoms with Crippen LogP contribution in [0.3, 0.4) is 0 Å². The summed E-state index contributed by atoms with van der Waals surface area (Å²) in [5, 5.41) is 11.5. The summed E-state index contributed by atoms with van der Waals surface area (Å²) >= 11 is 3.38. The molecule has 1 aliphatic rings. The number of aliphatic hydroxyl groups is 1. The molecule has 23 heavy (non-hydrogen) atoms. The Hall–Kier alpha value is -1.78. The van der Waals surface area contributed by atoms with Gasteiger partial charge >= 0.3 is 0 Å². The normalized spacial score (nSPS) is 19.0. The first-order chi connectivity index (χ1) is 10.9. The zero-order chi connectivity index (χ0) is 16.5. The molecule has 1 atom stereocenters. The van der Waals surface area contributed by atoms with E-state index in [1.165, 1.54) is 6.08 Å². The van der Waals surface area contributed by atoms with Crippen LogP contribution in [-0.4, -0.2) is 11.0 Å². The van der Waals surface area contributed by atoms with Gasteiger partial charge in [-0.3, -0.25) is 0 Å². The SMILES string of the molecule is OC(C1=CC=CC(F)(F)C1)(c1ccccc1)c1cccc(Br)c1. The van der Waals surface area contributed by atoms with E-state index in [0.717, 1.165) is 10.5 Å². The van der Waals surface area contributed by atoms with Gasteiger partial charge in [0.25, 0.3) is 5.92 Å². The molecule has 0 radical (unpaired) electrons. The smallest absolute Gasteiger partial charge is 0.270 e. The molecule has 0 saturated heterocycles. The lowest BCUT2D eigenvalue weighted by Gasteiger charge is -2.35. The van der Waals surface area contributed by atoms with E-state index in [4.69, 9.17) is 0 Å². The van der Waals surface area contributed by atoms with Gasteiger partial charge in [0.15, 0.2) is 0 Å². The minimum absolute atomic E-state index is 0.273. The van der Waals surface area contributed by atoms with Gasteiger partial charge in [0.1, 0.15) is 5.60 Å². The second kappa shape index (κ2) is 6.02. The molecule has 0 aromatic heterocycles. The zero-order valence-electron chi connectivity index (χ0n) is 12.2. The number of halogens is 3. The topological polar surface area (TPSA) is 20.2 Å². The second-order valence-corrected chi connectivity index (χ2v) is 6.49. The van der Waals surface area contributed by atoms with Crippen LogP contribution in [-0.2, 0) is 5.60 Å². The monoisotopic (exact) mass is 376 g/mol. The molecule has 118 valence electrons. The zero-order valence-corrected chi connectivity index (χ0v) is 13.8. The van der Waals surface area contributed by atoms with Crippen LogP contribution >= 0.6 is 15.9 Å². The van der Waals surface area contributed by atoms with Crippen molar-refractivity contribution in [3.63, 3.8) is 0 Å². The summed E-state index contributed by atoms with van der Waals surface area (Å²) in [7, 11) is 0. The van der Waals surface area contributed by atoms with E-state index in [1.807, 2.05) is 12.1 Å². The average Bonchev–Trinajstić information content (AvgIpc) is 2.54. The summed E-state index contributed by atoms with van der Waals surface area (Å²) < 4.78 is 28.5. The van der Waals surface area contributed by atoms with E-state index in [9.17, 15) is 13.9 Å². The Labute approximate surface area is 142 Å². The standard InChI is InChI=1S/C19H15BrF2O/c20-17-10-4-8-15(12-17)19(23,14-6-2-1-3-7-14)16-9-5-11-18(21,22)13-16/h1-12,23H,13H2. The molecule has 2 aromatic carbocycles. The molecule has 1 unspecified atom stereocenters. The van der Waals surface area contributed by atoms with Crippen molar-refractivity contribution in [2.75, 3.05) is 0 Å². The van der Waals surface area contributed by atoms with Gasteiger partial charge in [0, 0.05) is 10.9 Å². The molecular formula is C19H15BrF2O. The molecule has 0 heterocycles. The summed E-state index contributed by atoms with van der Waals surface area (Å²) in [6, 6.07) is 16.0. The maximum Gasteiger partial charge on any atom is 0.270 e. The van der Waals surface area contributed by atoms with Crippen LogP contribution in [0.25, 0.3) is 0 Å². The largest absolute Gasteiger partial charge is 0.376 e. The van der Waals surface area contributed by atoms with Crippen molar-refractivity contribution < 1.29 is 13.9 Å². The molecule has 0 aliphatic heterocycles. The lowest BCUT2D eigenvalue weighted by atomic mass is 9.76. The predicted octanol–water partition coefficient (Wildman–Crippen LogP) is 5.21. The Morgan fingerprint density at radius 1 is 1.00 bits per heavy atom. The minimum atomic E-state index is -2.96. The summed E-state index contributed by atoms with van der Waals surface area (Å²) in [6.07, 6.45) is 3.24. The lowest BCUT2D eigenvalue weighted by Crippen LogP contribution is -2.34. The van der Waals surface area contributed by atoms with Crippen molar-refractivity contribution >= 4 is 15.9 Å². The Kier molecular flexibility index (Phi) is 4.21. The lowest BCUT2D eigenvalue weighted by molar-refractivity contribution is 0.0336. The van der Waals surface area contributed by atoms with E-state index in [2.05, 4.69) is 15.9 Å². The molecule has 1 N–H and O–H groups in total. The van der Waals surface area contributed by atoms with Crippen LogP contribution in [0.5, 0.6) is 0 Å². The number of rotatable bonds is 3. The van der Waals surface area contributed by atoms with Crippen LogP contribution in [0, 0.1) is 0 Å². The van der Waals surface area contributed by atoms with E-state index >= 15 is 0 Å². The van der Waals surface area contributed by atoms with E-state index in [-0.39, 0.29) is 5.57 Å². The molecule has 0 amide bonds. The van der Waals surface area contributed by atoms with Crippen molar-refractivity contribution in [2.24, 2.45) is 0 Å². The van der Waals surface area contributed by atoms with Crippen molar-refractivity contribution in [1.82, 2.24) is 0 Å². The van der Waals surface area contributed by atoms with Gasteiger partial charge in [0.05, 0.1) is 0 Å². The molecule has 0 fully saturated rings. The van der Waals surface area contributed by atoms with Crippen molar-refractivity contribution in [3.05, 3.63) is 94.0 Å². The molecule has 3 rings (SSSR count). The van der Waals surface area contributed by atoms with Crippen LogP contribution in [0.4, 0.5) is 8.78 Å². The fraction of sp³-hybridized carbons (Fsp3) is 0.158. The highest BCUT2D eigenvalue weighted by Crippen LogP contribution is 2.43. The summed E-state index contributed by atoms with van der Waals surface area (Å²) in [4.78, 5) is 0. The van der Waals surface area contributed by atoms with Crippen molar-refractivity contribution in [1.29, 1.82) is 0 Å². The maximum atomic E-state index is 13.8. The number of alkyl halides is 2. The second-order valence-electron chi connectivity index (χ2n) is 5.58. The van der Waals surface area contributed by atoms with Crippen LogP contribution in [0.2, 0.25) is 0 Å². The third-order valence-electron chi connectivity index (χ3n) is 3.96. The molecular weight excluding hydrogens is 362 g/mol. The minimum Gasteiger partial charge on any atom is -0.376 e. The Bertz CT molecular complexity index is 768. The molecule has 2 aromatic rings. The first-order valence-electron chi connectivity index (χ1n) is 7.22. The van der Waals surface area contributed by atoms with E-state index in [1.54, 1.807) is 48.5 Å². The Morgan fingerprint density at radius 3 is 2.35 bits per heavy atom. The third-order valence-corrected chi connectivity index (χ3v) is 4.46. The van der Waals surface area contributed by atoms with Crippen molar-refractivity contribution in [3.8, 4) is 0 Å². The molecule has 4 heteroatoms. The summed E-state index contributed by atoms with van der Waals surface area (Å²) in [5.41, 5.74) is -0.209. The highest BCUT2D eigenvalue weighted by molar-refractivity contribution is 9.10. The van der Waals surface area contributed by atoms with E-state index < -0.39 is 17.9 Å². The highest BCUT2D eigenvalue weighted by Gasteiger charge is 2.41. The number of benzene rings is 2. The first kappa shape index (κ1) is 16.1. The van der Waals surface area contributed by atoms with Crippen LogP contribution < -0.4 is 0 Å². The highest BCUT2D eigenvalue weighted by atomic mass is 79.9. The molecule has 0 bridgehead atoms. The number of allylic oxidation sites excluding steroid dienone is 3. The van der Waals surface area contributed by atoms with Gasteiger partial charge in [-0.1, -0.05) is 70.5 Å². The van der Waals surface area contributed by atoms with Crippen LogP contribution in [0.15, 0.2) is 82.9 Å². The van der Waals surface area contributed by atoms with Crippen molar-refractivity contribution in [2.45, 2.75) is 17.9 Å². The molecule has 1 aliphatic carbocycles. The van der Waals surface area contributed by atoms with Gasteiger partial charge in [-0.2, -0.15) is 0 Å². The van der Waals surface area contributed by atoms with Gasteiger partial charge in [-0.15, -0.1) is 0 Å². The molecule has 0 spiro atoms. The maximum absolute atomic E-state index is 13.8.